The molecular formula is C17H15FN4O2. The molecule has 0 bridgehead atoms. The summed E-state index contributed by atoms with van der Waals surface area (Å²) >= 11 is 0. The number of aromatic nitrogens is 4. The lowest BCUT2D eigenvalue weighted by atomic mass is 10.1. The van der Waals surface area contributed by atoms with Crippen LogP contribution in [0, 0.1) is 5.82 Å². The molecule has 0 spiro atoms. The number of benzene rings is 2. The Hall–Kier alpha value is -3.09. The van der Waals surface area contributed by atoms with Crippen molar-refractivity contribution in [1.82, 2.24) is 20.2 Å². The summed E-state index contributed by atoms with van der Waals surface area (Å²) in [7, 11) is 0. The highest BCUT2D eigenvalue weighted by Gasteiger charge is 2.11. The summed E-state index contributed by atoms with van der Waals surface area (Å²) in [5.41, 5.74) is 1.18. The number of ether oxygens (including phenoxy) is 1. The second-order valence-corrected chi connectivity index (χ2v) is 5.03. The van der Waals surface area contributed by atoms with Crippen LogP contribution in [0.25, 0.3) is 11.4 Å². The summed E-state index contributed by atoms with van der Waals surface area (Å²) < 4.78 is 18.3. The van der Waals surface area contributed by atoms with Crippen molar-refractivity contribution in [2.45, 2.75) is 13.5 Å². The van der Waals surface area contributed by atoms with E-state index in [1.54, 1.807) is 36.4 Å². The molecule has 0 amide bonds. The molecule has 7 heteroatoms. The standard InChI is InChI=1S/C17H15FN4O2/c1-2-24-15-9-5-12(6-10-15)16(23)11-22-20-17(19-21-22)13-3-7-14(18)8-4-13/h3-10H,2,11H2,1H3. The number of carbonyl (C=O) groups excluding carboxylic acids is 1. The van der Waals surface area contributed by atoms with Crippen LogP contribution in [0.2, 0.25) is 0 Å². The maximum atomic E-state index is 12.9. The molecule has 6 nitrogen and oxygen atoms in total. The summed E-state index contributed by atoms with van der Waals surface area (Å²) in [6, 6.07) is 12.7. The van der Waals surface area contributed by atoms with Crippen LogP contribution in [0.1, 0.15) is 17.3 Å². The minimum absolute atomic E-state index is 0.0256. The highest BCUT2D eigenvalue weighted by molar-refractivity contribution is 5.95. The van der Waals surface area contributed by atoms with E-state index in [0.717, 1.165) is 0 Å². The van der Waals surface area contributed by atoms with Crippen LogP contribution in [0.5, 0.6) is 5.75 Å². The summed E-state index contributed by atoms with van der Waals surface area (Å²) in [5.74, 6) is 0.582. The number of carbonyl (C=O) groups is 1. The molecule has 0 saturated heterocycles. The first-order valence-corrected chi connectivity index (χ1v) is 7.45. The zero-order valence-corrected chi connectivity index (χ0v) is 13.0. The molecule has 3 rings (SSSR count). The molecule has 0 atom stereocenters. The molecule has 24 heavy (non-hydrogen) atoms. The van der Waals surface area contributed by atoms with Crippen LogP contribution >= 0.6 is 0 Å². The Bertz CT molecular complexity index is 829. The van der Waals surface area contributed by atoms with E-state index in [1.807, 2.05) is 6.92 Å². The number of hydrogen-bond acceptors (Lipinski definition) is 5. The van der Waals surface area contributed by atoms with E-state index in [9.17, 15) is 9.18 Å². The minimum Gasteiger partial charge on any atom is -0.494 e. The third kappa shape index (κ3) is 3.62. The monoisotopic (exact) mass is 326 g/mol. The molecule has 0 N–H and O–H groups in total. The van der Waals surface area contributed by atoms with Gasteiger partial charge in [-0.2, -0.15) is 4.80 Å². The van der Waals surface area contributed by atoms with Gasteiger partial charge in [0, 0.05) is 11.1 Å². The van der Waals surface area contributed by atoms with Gasteiger partial charge in [-0.3, -0.25) is 4.79 Å². The highest BCUT2D eigenvalue weighted by atomic mass is 19.1. The SMILES string of the molecule is CCOc1ccc(C(=O)Cn2nnc(-c3ccc(F)cc3)n2)cc1. The first kappa shape index (κ1) is 15.8. The topological polar surface area (TPSA) is 69.9 Å². The fraction of sp³-hybridized carbons (Fsp3) is 0.176. The molecule has 0 fully saturated rings. The van der Waals surface area contributed by atoms with Crippen molar-refractivity contribution >= 4 is 5.78 Å². The van der Waals surface area contributed by atoms with E-state index in [-0.39, 0.29) is 18.1 Å². The average molecular weight is 326 g/mol. The van der Waals surface area contributed by atoms with Gasteiger partial charge in [-0.1, -0.05) is 0 Å². The quantitative estimate of drug-likeness (QED) is 0.652. The van der Waals surface area contributed by atoms with Gasteiger partial charge in [-0.05, 0) is 60.7 Å². The number of rotatable bonds is 6. The molecule has 0 aliphatic carbocycles. The van der Waals surface area contributed by atoms with Gasteiger partial charge in [0.15, 0.2) is 5.78 Å². The lowest BCUT2D eigenvalue weighted by molar-refractivity contribution is 0.0961. The lowest BCUT2D eigenvalue weighted by Gasteiger charge is -2.04. The molecule has 0 aliphatic rings. The minimum atomic E-state index is -0.336. The summed E-state index contributed by atoms with van der Waals surface area (Å²) in [5, 5.41) is 11.9. The van der Waals surface area contributed by atoms with E-state index in [2.05, 4.69) is 15.4 Å². The lowest BCUT2D eigenvalue weighted by Crippen LogP contribution is -2.13. The molecule has 1 aromatic heterocycles. The van der Waals surface area contributed by atoms with Gasteiger partial charge in [0.1, 0.15) is 18.1 Å². The van der Waals surface area contributed by atoms with Gasteiger partial charge in [-0.25, -0.2) is 4.39 Å². The Morgan fingerprint density at radius 2 is 1.83 bits per heavy atom. The molecule has 0 aliphatic heterocycles. The molecule has 122 valence electrons. The zero-order valence-electron chi connectivity index (χ0n) is 13.0. The Morgan fingerprint density at radius 3 is 2.50 bits per heavy atom. The van der Waals surface area contributed by atoms with Gasteiger partial charge >= 0.3 is 0 Å². The van der Waals surface area contributed by atoms with Crippen LogP contribution < -0.4 is 4.74 Å². The third-order valence-corrected chi connectivity index (χ3v) is 3.33. The molecule has 0 unspecified atom stereocenters. The molecule has 0 radical (unpaired) electrons. The summed E-state index contributed by atoms with van der Waals surface area (Å²) in [6.45, 7) is 2.44. The number of halogens is 1. The normalized spacial score (nSPS) is 10.6. The van der Waals surface area contributed by atoms with E-state index >= 15 is 0 Å². The maximum absolute atomic E-state index is 12.9. The van der Waals surface area contributed by atoms with Crippen molar-refractivity contribution in [3.05, 3.63) is 59.9 Å². The predicted molar refractivity (Wildman–Crippen MR) is 85.2 cm³/mol. The van der Waals surface area contributed by atoms with Crippen molar-refractivity contribution in [2.75, 3.05) is 6.61 Å². The van der Waals surface area contributed by atoms with Crippen molar-refractivity contribution in [2.24, 2.45) is 0 Å². The van der Waals surface area contributed by atoms with Gasteiger partial charge in [0.2, 0.25) is 5.82 Å². The van der Waals surface area contributed by atoms with Gasteiger partial charge in [-0.15, -0.1) is 10.2 Å². The number of hydrogen-bond donors (Lipinski definition) is 0. The van der Waals surface area contributed by atoms with E-state index in [4.69, 9.17) is 4.74 Å². The Labute approximate surface area is 137 Å². The number of tetrazole rings is 1. The molecule has 2 aromatic carbocycles. The van der Waals surface area contributed by atoms with Gasteiger partial charge in [0.05, 0.1) is 6.61 Å². The van der Waals surface area contributed by atoms with Crippen LogP contribution in [-0.2, 0) is 6.54 Å². The smallest absolute Gasteiger partial charge is 0.204 e. The maximum Gasteiger partial charge on any atom is 0.204 e. The predicted octanol–water partition coefficient (Wildman–Crippen LogP) is 2.76. The van der Waals surface area contributed by atoms with Gasteiger partial charge < -0.3 is 4.74 Å². The van der Waals surface area contributed by atoms with Crippen molar-refractivity contribution in [3.8, 4) is 17.1 Å². The summed E-state index contributed by atoms with van der Waals surface area (Å²) in [4.78, 5) is 13.5. The van der Waals surface area contributed by atoms with Crippen LogP contribution in [-0.4, -0.2) is 32.6 Å². The fourth-order valence-electron chi connectivity index (χ4n) is 2.15. The number of Topliss-reactive ketones (excluding diaryl/α,β-unsaturated/α-hetero) is 1. The van der Waals surface area contributed by atoms with E-state index in [0.29, 0.717) is 29.3 Å². The highest BCUT2D eigenvalue weighted by Crippen LogP contribution is 2.15. The molecule has 1 heterocycles. The Kier molecular flexibility index (Phi) is 4.60. The van der Waals surface area contributed by atoms with Crippen molar-refractivity contribution in [3.63, 3.8) is 0 Å². The molecular weight excluding hydrogens is 311 g/mol. The third-order valence-electron chi connectivity index (χ3n) is 3.33. The first-order chi connectivity index (χ1) is 11.7. The van der Waals surface area contributed by atoms with Gasteiger partial charge in [0.25, 0.3) is 0 Å². The van der Waals surface area contributed by atoms with Crippen LogP contribution in [0.4, 0.5) is 4.39 Å². The largest absolute Gasteiger partial charge is 0.494 e. The Morgan fingerprint density at radius 1 is 1.12 bits per heavy atom. The average Bonchev–Trinajstić information content (AvgIpc) is 3.05. The van der Waals surface area contributed by atoms with Crippen molar-refractivity contribution < 1.29 is 13.9 Å². The fourth-order valence-corrected chi connectivity index (χ4v) is 2.15. The number of nitrogens with zero attached hydrogens (tertiary/aromatic N) is 4. The van der Waals surface area contributed by atoms with E-state index in [1.165, 1.54) is 16.9 Å². The zero-order chi connectivity index (χ0) is 16.9. The molecule has 0 saturated carbocycles. The number of ketones is 1. The van der Waals surface area contributed by atoms with Crippen molar-refractivity contribution in [1.29, 1.82) is 0 Å². The second-order valence-electron chi connectivity index (χ2n) is 5.03. The second kappa shape index (κ2) is 6.99. The first-order valence-electron chi connectivity index (χ1n) is 7.45. The molecule has 3 aromatic rings. The van der Waals surface area contributed by atoms with E-state index < -0.39 is 0 Å². The summed E-state index contributed by atoms with van der Waals surface area (Å²) in [6.07, 6.45) is 0. The van der Waals surface area contributed by atoms with Crippen LogP contribution in [0.15, 0.2) is 48.5 Å². The van der Waals surface area contributed by atoms with Crippen LogP contribution in [0.3, 0.4) is 0 Å². The Balaban J connectivity index is 1.69.